The van der Waals surface area contributed by atoms with E-state index in [9.17, 15) is 9.59 Å². The summed E-state index contributed by atoms with van der Waals surface area (Å²) in [5, 5.41) is 12.5. The van der Waals surface area contributed by atoms with Gasteiger partial charge in [0, 0.05) is 24.6 Å². The molecule has 1 aliphatic rings. The van der Waals surface area contributed by atoms with E-state index in [2.05, 4.69) is 15.5 Å². The Hall–Kier alpha value is -1.99. The number of rotatable bonds is 4. The molecule has 0 aliphatic carbocycles. The standard InChI is InChI=1S/C16H17ClN4O2S/c1-9(2)21-8-10(7-13(21)22)14(23)18-16-20-19-15(24-16)11-5-3-4-6-12(11)17/h3-6,9-10H,7-8H2,1-2H3,(H,18,20,23). The third kappa shape index (κ3) is 3.42. The molecule has 0 saturated carbocycles. The topological polar surface area (TPSA) is 75.2 Å². The molecular formula is C16H17ClN4O2S. The fraction of sp³-hybridized carbons (Fsp3) is 0.375. The normalized spacial score (nSPS) is 17.6. The highest BCUT2D eigenvalue weighted by Crippen LogP contribution is 2.32. The quantitative estimate of drug-likeness (QED) is 0.904. The third-order valence-corrected chi connectivity index (χ3v) is 5.11. The molecule has 0 bridgehead atoms. The van der Waals surface area contributed by atoms with Crippen LogP contribution in [0, 0.1) is 5.92 Å². The van der Waals surface area contributed by atoms with Crippen LogP contribution in [0.4, 0.5) is 5.13 Å². The Balaban J connectivity index is 1.68. The van der Waals surface area contributed by atoms with Gasteiger partial charge >= 0.3 is 0 Å². The first-order valence-corrected chi connectivity index (χ1v) is 8.84. The van der Waals surface area contributed by atoms with Crippen molar-refractivity contribution in [3.05, 3.63) is 29.3 Å². The Bertz CT molecular complexity index is 777. The second-order valence-electron chi connectivity index (χ2n) is 5.92. The molecule has 1 fully saturated rings. The molecule has 0 radical (unpaired) electrons. The van der Waals surface area contributed by atoms with E-state index in [1.54, 1.807) is 11.0 Å². The Morgan fingerprint density at radius 3 is 2.79 bits per heavy atom. The lowest BCUT2D eigenvalue weighted by Gasteiger charge is -2.20. The predicted molar refractivity (Wildman–Crippen MR) is 93.9 cm³/mol. The van der Waals surface area contributed by atoms with Gasteiger partial charge in [0.1, 0.15) is 0 Å². The lowest BCUT2D eigenvalue weighted by Crippen LogP contribution is -2.33. The van der Waals surface area contributed by atoms with Crippen molar-refractivity contribution in [3.8, 4) is 10.6 Å². The second kappa shape index (κ2) is 6.86. The Morgan fingerprint density at radius 2 is 2.12 bits per heavy atom. The minimum absolute atomic E-state index is 0.0131. The number of benzene rings is 1. The van der Waals surface area contributed by atoms with Gasteiger partial charge in [0.25, 0.3) is 0 Å². The zero-order valence-corrected chi connectivity index (χ0v) is 14.9. The van der Waals surface area contributed by atoms with Gasteiger partial charge in [-0.25, -0.2) is 0 Å². The van der Waals surface area contributed by atoms with E-state index in [1.165, 1.54) is 11.3 Å². The zero-order valence-electron chi connectivity index (χ0n) is 13.3. The van der Waals surface area contributed by atoms with Gasteiger partial charge in [-0.05, 0) is 19.9 Å². The number of carbonyl (C=O) groups excluding carboxylic acids is 2. The van der Waals surface area contributed by atoms with Crippen LogP contribution in [0.3, 0.4) is 0 Å². The zero-order chi connectivity index (χ0) is 17.3. The molecule has 1 unspecified atom stereocenters. The molecule has 24 heavy (non-hydrogen) atoms. The lowest BCUT2D eigenvalue weighted by atomic mass is 10.1. The van der Waals surface area contributed by atoms with Crippen LogP contribution in [0.2, 0.25) is 5.02 Å². The van der Waals surface area contributed by atoms with Gasteiger partial charge in [0.15, 0.2) is 5.01 Å². The number of carbonyl (C=O) groups is 2. The Kier molecular flexibility index (Phi) is 4.82. The molecule has 8 heteroatoms. The number of amides is 2. The summed E-state index contributed by atoms with van der Waals surface area (Å²) in [6, 6.07) is 7.44. The minimum Gasteiger partial charge on any atom is -0.339 e. The highest BCUT2D eigenvalue weighted by molar-refractivity contribution is 7.18. The van der Waals surface area contributed by atoms with Crippen molar-refractivity contribution in [1.82, 2.24) is 15.1 Å². The van der Waals surface area contributed by atoms with Crippen molar-refractivity contribution >= 4 is 39.9 Å². The van der Waals surface area contributed by atoms with E-state index in [1.807, 2.05) is 32.0 Å². The number of nitrogens with one attached hydrogen (secondary N) is 1. The molecule has 1 aromatic carbocycles. The van der Waals surface area contributed by atoms with Crippen LogP contribution in [0.1, 0.15) is 20.3 Å². The van der Waals surface area contributed by atoms with Crippen molar-refractivity contribution in [2.45, 2.75) is 26.3 Å². The number of nitrogens with zero attached hydrogens (tertiary/aromatic N) is 3. The smallest absolute Gasteiger partial charge is 0.231 e. The molecular weight excluding hydrogens is 348 g/mol. The summed E-state index contributed by atoms with van der Waals surface area (Å²) < 4.78 is 0. The molecule has 2 amide bonds. The van der Waals surface area contributed by atoms with Crippen molar-refractivity contribution in [3.63, 3.8) is 0 Å². The van der Waals surface area contributed by atoms with E-state index < -0.39 is 0 Å². The maximum atomic E-state index is 12.4. The van der Waals surface area contributed by atoms with Crippen LogP contribution in [0.25, 0.3) is 10.6 Å². The van der Waals surface area contributed by atoms with Crippen LogP contribution in [0.5, 0.6) is 0 Å². The molecule has 0 spiro atoms. The number of hydrogen-bond donors (Lipinski definition) is 1. The summed E-state index contributed by atoms with van der Waals surface area (Å²) in [6.45, 7) is 4.33. The summed E-state index contributed by atoms with van der Waals surface area (Å²) >= 11 is 7.41. The molecule has 1 saturated heterocycles. The van der Waals surface area contributed by atoms with Crippen LogP contribution in [-0.2, 0) is 9.59 Å². The van der Waals surface area contributed by atoms with Gasteiger partial charge in [0.2, 0.25) is 16.9 Å². The van der Waals surface area contributed by atoms with Gasteiger partial charge in [0.05, 0.1) is 10.9 Å². The van der Waals surface area contributed by atoms with Crippen molar-refractivity contribution in [2.75, 3.05) is 11.9 Å². The maximum absolute atomic E-state index is 12.4. The van der Waals surface area contributed by atoms with E-state index in [0.29, 0.717) is 21.7 Å². The maximum Gasteiger partial charge on any atom is 0.231 e. The number of aromatic nitrogens is 2. The number of likely N-dealkylation sites (tertiary alicyclic amines) is 1. The summed E-state index contributed by atoms with van der Waals surface area (Å²) in [5.41, 5.74) is 0.777. The summed E-state index contributed by atoms with van der Waals surface area (Å²) in [7, 11) is 0. The fourth-order valence-corrected chi connectivity index (χ4v) is 3.70. The molecule has 1 aromatic heterocycles. The molecule has 6 nitrogen and oxygen atoms in total. The largest absolute Gasteiger partial charge is 0.339 e. The lowest BCUT2D eigenvalue weighted by molar-refractivity contribution is -0.129. The number of hydrogen-bond acceptors (Lipinski definition) is 5. The van der Waals surface area contributed by atoms with Crippen molar-refractivity contribution in [1.29, 1.82) is 0 Å². The van der Waals surface area contributed by atoms with Crippen LogP contribution < -0.4 is 5.32 Å². The van der Waals surface area contributed by atoms with Gasteiger partial charge in [-0.3, -0.25) is 9.59 Å². The van der Waals surface area contributed by atoms with E-state index in [-0.39, 0.29) is 30.2 Å². The first-order valence-electron chi connectivity index (χ1n) is 7.64. The molecule has 2 heterocycles. The highest BCUT2D eigenvalue weighted by atomic mass is 35.5. The second-order valence-corrected chi connectivity index (χ2v) is 7.31. The third-order valence-electron chi connectivity index (χ3n) is 3.91. The summed E-state index contributed by atoms with van der Waals surface area (Å²) in [6.07, 6.45) is 0.236. The first kappa shape index (κ1) is 16.9. The molecule has 1 N–H and O–H groups in total. The summed E-state index contributed by atoms with van der Waals surface area (Å²) in [5.74, 6) is -0.542. The van der Waals surface area contributed by atoms with E-state index in [4.69, 9.17) is 11.6 Å². The monoisotopic (exact) mass is 364 g/mol. The molecule has 126 valence electrons. The van der Waals surface area contributed by atoms with Crippen molar-refractivity contribution in [2.24, 2.45) is 5.92 Å². The van der Waals surface area contributed by atoms with Crippen LogP contribution >= 0.6 is 22.9 Å². The average Bonchev–Trinajstić information content (AvgIpc) is 3.14. The average molecular weight is 365 g/mol. The summed E-state index contributed by atoms with van der Waals surface area (Å²) in [4.78, 5) is 26.0. The fourth-order valence-electron chi connectivity index (χ4n) is 2.63. The predicted octanol–water partition coefficient (Wildman–Crippen LogP) is 3.05. The van der Waals surface area contributed by atoms with Crippen LogP contribution in [0.15, 0.2) is 24.3 Å². The number of halogens is 1. The Morgan fingerprint density at radius 1 is 1.38 bits per heavy atom. The van der Waals surface area contributed by atoms with Crippen LogP contribution in [-0.4, -0.2) is 39.5 Å². The molecule has 1 atom stereocenters. The van der Waals surface area contributed by atoms with E-state index in [0.717, 1.165) is 5.56 Å². The van der Waals surface area contributed by atoms with Gasteiger partial charge in [-0.2, -0.15) is 0 Å². The van der Waals surface area contributed by atoms with Gasteiger partial charge in [-0.15, -0.1) is 10.2 Å². The van der Waals surface area contributed by atoms with Gasteiger partial charge < -0.3 is 10.2 Å². The molecule has 1 aliphatic heterocycles. The number of anilines is 1. The minimum atomic E-state index is -0.354. The SMILES string of the molecule is CC(C)N1CC(C(=O)Nc2nnc(-c3ccccc3Cl)s2)CC1=O. The first-order chi connectivity index (χ1) is 11.5. The van der Waals surface area contributed by atoms with Gasteiger partial charge in [-0.1, -0.05) is 41.1 Å². The molecule has 2 aromatic rings. The van der Waals surface area contributed by atoms with E-state index >= 15 is 0 Å². The highest BCUT2D eigenvalue weighted by Gasteiger charge is 2.35. The Labute approximate surface area is 148 Å². The van der Waals surface area contributed by atoms with Crippen molar-refractivity contribution < 1.29 is 9.59 Å². The molecule has 3 rings (SSSR count).